The molecule has 0 radical (unpaired) electrons. The monoisotopic (exact) mass is 543 g/mol. The molecule has 1 aliphatic rings. The van der Waals surface area contributed by atoms with E-state index in [1.165, 1.54) is 12.1 Å². The normalized spacial score (nSPS) is 18.7. The van der Waals surface area contributed by atoms with Crippen LogP contribution in [0.15, 0.2) is 41.3 Å². The van der Waals surface area contributed by atoms with Gasteiger partial charge in [-0.1, -0.05) is 23.7 Å². The van der Waals surface area contributed by atoms with E-state index in [1.807, 2.05) is 0 Å². The van der Waals surface area contributed by atoms with Gasteiger partial charge in [-0.05, 0) is 37.1 Å². The maximum Gasteiger partial charge on any atom is 0.416 e. The first-order valence-corrected chi connectivity index (χ1v) is 12.5. The number of nitrogens with one attached hydrogen (secondary N) is 1. The minimum Gasteiger partial charge on any atom is -0.387 e. The molecule has 0 aliphatic heterocycles. The third-order valence-electron chi connectivity index (χ3n) is 5.91. The number of amides is 1. The Labute approximate surface area is 202 Å². The third kappa shape index (κ3) is 5.92. The summed E-state index contributed by atoms with van der Waals surface area (Å²) >= 11 is 5.81. The van der Waals surface area contributed by atoms with Crippen molar-refractivity contribution in [2.24, 2.45) is 0 Å². The van der Waals surface area contributed by atoms with Gasteiger partial charge in [0, 0.05) is 24.7 Å². The van der Waals surface area contributed by atoms with E-state index in [-0.39, 0.29) is 11.6 Å². The molecule has 0 spiro atoms. The van der Waals surface area contributed by atoms with E-state index in [1.54, 1.807) is 0 Å². The molecule has 35 heavy (non-hydrogen) atoms. The Morgan fingerprint density at radius 3 is 2.26 bits per heavy atom. The van der Waals surface area contributed by atoms with Crippen molar-refractivity contribution in [1.82, 2.24) is 5.32 Å². The first kappa shape index (κ1) is 27.3. The molecule has 2 aromatic carbocycles. The van der Waals surface area contributed by atoms with E-state index >= 15 is 0 Å². The van der Waals surface area contributed by atoms with Crippen LogP contribution >= 0.6 is 11.6 Å². The highest BCUT2D eigenvalue weighted by atomic mass is 35.5. The molecule has 3 rings (SSSR count). The van der Waals surface area contributed by atoms with Crippen molar-refractivity contribution < 1.29 is 44.7 Å². The lowest BCUT2D eigenvalue weighted by Gasteiger charge is -2.42. The van der Waals surface area contributed by atoms with Crippen LogP contribution in [0.2, 0.25) is 5.02 Å². The molecule has 192 valence electrons. The van der Waals surface area contributed by atoms with Crippen LogP contribution in [-0.2, 0) is 16.0 Å². The molecule has 1 fully saturated rings. The molecule has 1 amide bonds. The lowest BCUT2D eigenvalue weighted by molar-refractivity contribution is -0.137. The summed E-state index contributed by atoms with van der Waals surface area (Å²) in [7, 11) is -4.35. The molecule has 0 bridgehead atoms. The topological polar surface area (TPSA) is 83.5 Å². The van der Waals surface area contributed by atoms with Gasteiger partial charge in [0.1, 0.15) is 5.82 Å². The zero-order valence-corrected chi connectivity index (χ0v) is 19.7. The quantitative estimate of drug-likeness (QED) is 0.501. The van der Waals surface area contributed by atoms with Crippen molar-refractivity contribution in [3.05, 3.63) is 63.9 Å². The maximum absolute atomic E-state index is 14.9. The van der Waals surface area contributed by atoms with E-state index in [4.69, 9.17) is 11.6 Å². The van der Waals surface area contributed by atoms with E-state index in [9.17, 15) is 44.7 Å². The van der Waals surface area contributed by atoms with Crippen molar-refractivity contribution >= 4 is 27.3 Å². The lowest BCUT2D eigenvalue weighted by Crippen LogP contribution is -2.50. The minimum absolute atomic E-state index is 0.287. The number of carbonyl (C=O) groups excluding carboxylic acids is 1. The standard InChI is InChI=1S/C22H20ClF6NO4S/c1-35(33,34)16-11-12(22(27,28)29)5-6-13(16)19(31)30-18(14-3-2-4-15(23)17(14)24)20(32)7-9-21(25,26)10-8-20/h2-6,11,18,32H,7-10H2,1H3,(H,30,31). The Morgan fingerprint density at radius 1 is 1.11 bits per heavy atom. The molecule has 2 aromatic rings. The number of alkyl halides is 5. The van der Waals surface area contributed by atoms with Gasteiger partial charge in [-0.3, -0.25) is 4.79 Å². The van der Waals surface area contributed by atoms with Gasteiger partial charge in [0.15, 0.2) is 9.84 Å². The fourth-order valence-electron chi connectivity index (χ4n) is 3.98. The van der Waals surface area contributed by atoms with Gasteiger partial charge in [0.05, 0.1) is 32.7 Å². The van der Waals surface area contributed by atoms with Crippen molar-refractivity contribution in [1.29, 1.82) is 0 Å². The summed E-state index contributed by atoms with van der Waals surface area (Å²) in [5.41, 5.74) is -4.45. The van der Waals surface area contributed by atoms with E-state index in [0.717, 1.165) is 6.07 Å². The summed E-state index contributed by atoms with van der Waals surface area (Å²) < 4.78 is 106. The fraction of sp³-hybridized carbons (Fsp3) is 0.409. The molecule has 2 N–H and O–H groups in total. The van der Waals surface area contributed by atoms with Crippen LogP contribution in [0.3, 0.4) is 0 Å². The molecule has 0 saturated heterocycles. The molecule has 1 saturated carbocycles. The summed E-state index contributed by atoms with van der Waals surface area (Å²) in [5, 5.41) is 13.0. The van der Waals surface area contributed by atoms with E-state index in [2.05, 4.69) is 5.32 Å². The highest BCUT2D eigenvalue weighted by molar-refractivity contribution is 7.90. The molecule has 13 heteroatoms. The largest absolute Gasteiger partial charge is 0.416 e. The number of rotatable bonds is 5. The predicted molar refractivity (Wildman–Crippen MR) is 115 cm³/mol. The average Bonchev–Trinajstić information content (AvgIpc) is 2.75. The molecule has 5 nitrogen and oxygen atoms in total. The van der Waals surface area contributed by atoms with Crippen LogP contribution < -0.4 is 5.32 Å². The second-order valence-electron chi connectivity index (χ2n) is 8.49. The second-order valence-corrected chi connectivity index (χ2v) is 10.9. The number of halogens is 7. The van der Waals surface area contributed by atoms with Crippen molar-refractivity contribution in [3.8, 4) is 0 Å². The van der Waals surface area contributed by atoms with Gasteiger partial charge in [-0.2, -0.15) is 13.2 Å². The van der Waals surface area contributed by atoms with Gasteiger partial charge in [-0.25, -0.2) is 21.6 Å². The molecule has 0 aromatic heterocycles. The second kappa shape index (κ2) is 9.29. The molecule has 1 aliphatic carbocycles. The molecular weight excluding hydrogens is 524 g/mol. The number of hydrogen-bond donors (Lipinski definition) is 2. The zero-order chi connectivity index (χ0) is 26.4. The first-order valence-electron chi connectivity index (χ1n) is 10.2. The first-order chi connectivity index (χ1) is 15.9. The summed E-state index contributed by atoms with van der Waals surface area (Å²) in [5.74, 6) is -5.40. The fourth-order valence-corrected chi connectivity index (χ4v) is 5.07. The van der Waals surface area contributed by atoms with Gasteiger partial charge in [0.2, 0.25) is 5.92 Å². The van der Waals surface area contributed by atoms with Gasteiger partial charge in [-0.15, -0.1) is 0 Å². The highest BCUT2D eigenvalue weighted by Crippen LogP contribution is 2.45. The number of aliphatic hydroxyl groups is 1. The van der Waals surface area contributed by atoms with Gasteiger partial charge in [0.25, 0.3) is 5.91 Å². The highest BCUT2D eigenvalue weighted by Gasteiger charge is 2.48. The van der Waals surface area contributed by atoms with Crippen LogP contribution in [0.4, 0.5) is 26.3 Å². The van der Waals surface area contributed by atoms with Crippen molar-refractivity contribution in [3.63, 3.8) is 0 Å². The van der Waals surface area contributed by atoms with Crippen LogP contribution in [0.5, 0.6) is 0 Å². The van der Waals surface area contributed by atoms with Crippen LogP contribution in [-0.4, -0.2) is 37.2 Å². The number of benzene rings is 2. The van der Waals surface area contributed by atoms with E-state index < -0.39 is 92.0 Å². The average molecular weight is 544 g/mol. The number of carbonyl (C=O) groups is 1. The third-order valence-corrected chi connectivity index (χ3v) is 7.33. The summed E-state index contributed by atoms with van der Waals surface area (Å²) in [6.07, 6.45) is -6.95. The smallest absolute Gasteiger partial charge is 0.387 e. The molecule has 1 unspecified atom stereocenters. The lowest BCUT2D eigenvalue weighted by atomic mass is 9.75. The van der Waals surface area contributed by atoms with Gasteiger partial charge >= 0.3 is 6.18 Å². The predicted octanol–water partition coefficient (Wildman–Crippen LogP) is 5.31. The summed E-state index contributed by atoms with van der Waals surface area (Å²) in [6, 6.07) is 3.37. The summed E-state index contributed by atoms with van der Waals surface area (Å²) in [4.78, 5) is 12.1. The van der Waals surface area contributed by atoms with E-state index in [0.29, 0.717) is 18.4 Å². The van der Waals surface area contributed by atoms with Gasteiger partial charge < -0.3 is 10.4 Å². The Bertz CT molecular complexity index is 1240. The molecule has 0 heterocycles. The number of sulfone groups is 1. The maximum atomic E-state index is 14.9. The minimum atomic E-state index is -4.90. The Balaban J connectivity index is 2.09. The van der Waals surface area contributed by atoms with Crippen LogP contribution in [0.25, 0.3) is 0 Å². The van der Waals surface area contributed by atoms with Crippen molar-refractivity contribution in [2.75, 3.05) is 6.26 Å². The Hall–Kier alpha value is -2.31. The van der Waals surface area contributed by atoms with Crippen LogP contribution in [0, 0.1) is 5.82 Å². The Kier molecular flexibility index (Phi) is 7.24. The number of hydrogen-bond acceptors (Lipinski definition) is 4. The van der Waals surface area contributed by atoms with Crippen molar-refractivity contribution in [2.45, 2.75) is 54.3 Å². The zero-order valence-electron chi connectivity index (χ0n) is 18.1. The Morgan fingerprint density at radius 2 is 1.71 bits per heavy atom. The molecule has 1 atom stereocenters. The molecular formula is C22H20ClF6NO4S. The van der Waals surface area contributed by atoms with Crippen LogP contribution in [0.1, 0.15) is 53.2 Å². The summed E-state index contributed by atoms with van der Waals surface area (Å²) in [6.45, 7) is 0. The SMILES string of the molecule is CS(=O)(=O)c1cc(C(F)(F)F)ccc1C(=O)NC(c1cccc(Cl)c1F)C1(O)CCC(F)(F)CC1.